The van der Waals surface area contributed by atoms with Gasteiger partial charge >= 0.3 is 17.8 Å². The van der Waals surface area contributed by atoms with Crippen molar-refractivity contribution in [3.05, 3.63) is 29.6 Å². The number of carbonyl (C=O) groups is 3. The summed E-state index contributed by atoms with van der Waals surface area (Å²) >= 11 is 0. The molecule has 1 saturated carbocycles. The molecule has 0 bridgehead atoms. The molecule has 2 amide bonds. The Hall–Kier alpha value is -2.48. The number of rotatable bonds is 3. The summed E-state index contributed by atoms with van der Waals surface area (Å²) in [6.07, 6.45) is 2.89. The molecule has 8 heteroatoms. The predicted octanol–water partition coefficient (Wildman–Crippen LogP) is 2.37. The van der Waals surface area contributed by atoms with Crippen molar-refractivity contribution in [1.29, 1.82) is 0 Å². The average Bonchev–Trinajstić information content (AvgIpc) is 2.61. The van der Waals surface area contributed by atoms with Crippen molar-refractivity contribution >= 4 is 23.5 Å². The second-order valence-corrected chi connectivity index (χ2v) is 7.75. The minimum atomic E-state index is -1.06. The lowest BCUT2D eigenvalue weighted by Gasteiger charge is -2.30. The van der Waals surface area contributed by atoms with E-state index in [0.717, 1.165) is 18.4 Å². The van der Waals surface area contributed by atoms with Crippen LogP contribution in [0.4, 0.5) is 10.1 Å². The fraction of sp³-hybridized carbons (Fsp3) is 0.526. The molecule has 0 saturated heterocycles. The molecule has 0 unspecified atom stereocenters. The maximum Gasteiger partial charge on any atom is 0.323 e. The lowest BCUT2D eigenvalue weighted by Crippen LogP contribution is -2.39. The number of halogens is 1. The normalized spacial score (nSPS) is 19.9. The van der Waals surface area contributed by atoms with Gasteiger partial charge in [-0.3, -0.25) is 19.8 Å². The van der Waals surface area contributed by atoms with E-state index in [9.17, 15) is 18.8 Å². The first-order chi connectivity index (χ1) is 12.6. The number of ether oxygens (including phenoxy) is 1. The number of carbonyl (C=O) groups excluding carboxylic acids is 3. The number of nitrogens with one attached hydrogen (secondary N) is 2. The van der Waals surface area contributed by atoms with Crippen LogP contribution in [-0.4, -0.2) is 23.4 Å². The molecule has 27 heavy (non-hydrogen) atoms. The van der Waals surface area contributed by atoms with Gasteiger partial charge in [0.2, 0.25) is 0 Å². The molecule has 0 radical (unpaired) electrons. The zero-order valence-corrected chi connectivity index (χ0v) is 15.8. The topological polar surface area (TPSA) is 111 Å². The molecule has 2 rings (SSSR count). The Morgan fingerprint density at radius 1 is 1.11 bits per heavy atom. The predicted molar refractivity (Wildman–Crippen MR) is 97.9 cm³/mol. The number of hydrazine groups is 1. The molecule has 7 nitrogen and oxygen atoms in total. The second kappa shape index (κ2) is 8.47. The van der Waals surface area contributed by atoms with Crippen molar-refractivity contribution in [3.8, 4) is 0 Å². The van der Waals surface area contributed by atoms with Gasteiger partial charge in [0.1, 0.15) is 11.4 Å². The van der Waals surface area contributed by atoms with Crippen LogP contribution in [0.25, 0.3) is 0 Å². The van der Waals surface area contributed by atoms with Crippen LogP contribution in [0.15, 0.2) is 18.2 Å². The van der Waals surface area contributed by atoms with Crippen molar-refractivity contribution in [2.75, 3.05) is 5.32 Å². The van der Waals surface area contributed by atoms with E-state index in [1.54, 1.807) is 11.5 Å². The monoisotopic (exact) mass is 379 g/mol. The Bertz CT molecular complexity index is 722. The van der Waals surface area contributed by atoms with Gasteiger partial charge in [-0.05, 0) is 70.1 Å². The van der Waals surface area contributed by atoms with Crippen LogP contribution in [-0.2, 0) is 19.1 Å². The van der Waals surface area contributed by atoms with Crippen LogP contribution in [0.2, 0.25) is 0 Å². The van der Waals surface area contributed by atoms with E-state index in [4.69, 9.17) is 10.6 Å². The highest BCUT2D eigenvalue weighted by Gasteiger charge is 2.30. The van der Waals surface area contributed by atoms with Gasteiger partial charge in [-0.2, -0.15) is 0 Å². The van der Waals surface area contributed by atoms with E-state index >= 15 is 0 Å². The molecular formula is C19H26FN3O4. The first-order valence-corrected chi connectivity index (χ1v) is 8.95. The fourth-order valence-corrected chi connectivity index (χ4v) is 3.18. The zero-order chi connectivity index (χ0) is 20.2. The smallest absolute Gasteiger partial charge is 0.323 e. The van der Waals surface area contributed by atoms with E-state index in [1.165, 1.54) is 12.1 Å². The van der Waals surface area contributed by atoms with Crippen LogP contribution in [0, 0.1) is 11.7 Å². The van der Waals surface area contributed by atoms with Crippen molar-refractivity contribution in [2.45, 2.75) is 58.0 Å². The van der Waals surface area contributed by atoms with Crippen LogP contribution >= 0.6 is 0 Å². The molecule has 1 aliphatic rings. The third kappa shape index (κ3) is 5.75. The highest BCUT2D eigenvalue weighted by Crippen LogP contribution is 2.37. The molecule has 0 spiro atoms. The number of hydrogen-bond acceptors (Lipinski definition) is 5. The summed E-state index contributed by atoms with van der Waals surface area (Å²) in [6.45, 7) is 5.53. The third-order valence-electron chi connectivity index (χ3n) is 4.52. The lowest BCUT2D eigenvalue weighted by molar-refractivity contribution is -0.161. The Balaban J connectivity index is 1.96. The van der Waals surface area contributed by atoms with Gasteiger partial charge in [0.05, 0.1) is 11.6 Å². The zero-order valence-electron chi connectivity index (χ0n) is 15.8. The summed E-state index contributed by atoms with van der Waals surface area (Å²) < 4.78 is 19.7. The minimum Gasteiger partial charge on any atom is -0.460 e. The van der Waals surface area contributed by atoms with Crippen molar-refractivity contribution in [3.63, 3.8) is 0 Å². The molecule has 1 aliphatic carbocycles. The Kier molecular flexibility index (Phi) is 6.54. The van der Waals surface area contributed by atoms with E-state index in [0.29, 0.717) is 12.8 Å². The fourth-order valence-electron chi connectivity index (χ4n) is 3.18. The number of amides is 2. The summed E-state index contributed by atoms with van der Waals surface area (Å²) in [5.74, 6) is 1.97. The van der Waals surface area contributed by atoms with Gasteiger partial charge in [0.25, 0.3) is 0 Å². The molecular weight excluding hydrogens is 353 g/mol. The molecule has 0 heterocycles. The van der Waals surface area contributed by atoms with Gasteiger partial charge in [-0.1, -0.05) is 6.07 Å². The standard InChI is InChI=1S/C19H26FN3O4/c1-19(2,3)27-18(26)12-6-4-11(5-7-12)13-8-9-15(14(20)10-13)22-16(24)17(25)23-21/h8-12H,4-7,21H2,1-3H3,(H,22,24)(H,23,25)/t11-,12-. The Labute approximate surface area is 157 Å². The number of benzene rings is 1. The van der Waals surface area contributed by atoms with E-state index < -0.39 is 23.2 Å². The van der Waals surface area contributed by atoms with Crippen LogP contribution in [0.5, 0.6) is 0 Å². The van der Waals surface area contributed by atoms with Crippen molar-refractivity contribution in [1.82, 2.24) is 5.43 Å². The maximum absolute atomic E-state index is 14.3. The molecule has 148 valence electrons. The van der Waals surface area contributed by atoms with Gasteiger partial charge in [-0.25, -0.2) is 10.2 Å². The molecule has 1 aromatic rings. The highest BCUT2D eigenvalue weighted by atomic mass is 19.1. The van der Waals surface area contributed by atoms with Gasteiger partial charge in [0, 0.05) is 0 Å². The average molecular weight is 379 g/mol. The minimum absolute atomic E-state index is 0.0882. The number of nitrogens with two attached hydrogens (primary N) is 1. The Morgan fingerprint density at radius 2 is 1.74 bits per heavy atom. The Morgan fingerprint density at radius 3 is 2.26 bits per heavy atom. The lowest BCUT2D eigenvalue weighted by atomic mass is 9.78. The molecule has 0 aromatic heterocycles. The summed E-state index contributed by atoms with van der Waals surface area (Å²) in [7, 11) is 0. The largest absolute Gasteiger partial charge is 0.460 e. The summed E-state index contributed by atoms with van der Waals surface area (Å²) in [5, 5.41) is 2.17. The summed E-state index contributed by atoms with van der Waals surface area (Å²) in [6, 6.07) is 4.50. The molecule has 4 N–H and O–H groups in total. The SMILES string of the molecule is CC(C)(C)OC(=O)[C@H]1CC[C@H](c2ccc(NC(=O)C(=O)NN)c(F)c2)CC1. The number of hydrogen-bond donors (Lipinski definition) is 3. The van der Waals surface area contributed by atoms with Gasteiger partial charge in [0.15, 0.2) is 0 Å². The van der Waals surface area contributed by atoms with Gasteiger partial charge < -0.3 is 10.1 Å². The first kappa shape index (κ1) is 20.8. The molecule has 1 aromatic carbocycles. The van der Waals surface area contributed by atoms with Gasteiger partial charge in [-0.15, -0.1) is 0 Å². The number of anilines is 1. The van der Waals surface area contributed by atoms with Crippen LogP contribution in [0.3, 0.4) is 0 Å². The van der Waals surface area contributed by atoms with E-state index in [2.05, 4.69) is 5.32 Å². The summed E-state index contributed by atoms with van der Waals surface area (Å²) in [5.41, 5.74) is 1.90. The second-order valence-electron chi connectivity index (χ2n) is 7.75. The quantitative estimate of drug-likeness (QED) is 0.245. The molecule has 0 aliphatic heterocycles. The third-order valence-corrected chi connectivity index (χ3v) is 4.52. The number of esters is 1. The molecule has 0 atom stereocenters. The highest BCUT2D eigenvalue weighted by molar-refractivity contribution is 6.39. The van der Waals surface area contributed by atoms with E-state index in [-0.39, 0.29) is 23.5 Å². The molecule has 1 fully saturated rings. The van der Waals surface area contributed by atoms with Crippen molar-refractivity contribution in [2.24, 2.45) is 11.8 Å². The van der Waals surface area contributed by atoms with Crippen LogP contribution in [0.1, 0.15) is 57.9 Å². The first-order valence-electron chi connectivity index (χ1n) is 8.95. The van der Waals surface area contributed by atoms with Crippen LogP contribution < -0.4 is 16.6 Å². The van der Waals surface area contributed by atoms with E-state index in [1.807, 2.05) is 20.8 Å². The van der Waals surface area contributed by atoms with Crippen molar-refractivity contribution < 1.29 is 23.5 Å². The summed E-state index contributed by atoms with van der Waals surface area (Å²) in [4.78, 5) is 34.7. The maximum atomic E-state index is 14.3.